The number of nitrogens with zero attached hydrogens (tertiary/aromatic N) is 2. The van der Waals surface area contributed by atoms with Gasteiger partial charge >= 0.3 is 5.97 Å². The van der Waals surface area contributed by atoms with Crippen molar-refractivity contribution in [2.45, 2.75) is 39.5 Å². The maximum atomic E-state index is 12.9. The topological polar surface area (TPSA) is 85.5 Å². The van der Waals surface area contributed by atoms with Crippen molar-refractivity contribution in [1.82, 2.24) is 9.88 Å². The summed E-state index contributed by atoms with van der Waals surface area (Å²) in [6.45, 7) is 7.46. The quantitative estimate of drug-likeness (QED) is 0.828. The monoisotopic (exact) mass is 375 g/mol. The molecule has 0 radical (unpaired) electrons. The molecule has 7 heteroatoms. The van der Waals surface area contributed by atoms with Crippen LogP contribution in [-0.2, 0) is 9.53 Å². The Morgan fingerprint density at radius 1 is 1.35 bits per heavy atom. The van der Waals surface area contributed by atoms with E-state index in [4.69, 9.17) is 10.5 Å². The van der Waals surface area contributed by atoms with Crippen molar-refractivity contribution in [3.63, 3.8) is 0 Å². The van der Waals surface area contributed by atoms with Gasteiger partial charge in [0.2, 0.25) is 0 Å². The third kappa shape index (κ3) is 3.53. The molecule has 2 N–H and O–H groups in total. The standard InChI is InChI=1S/C19H25N3O3S/c1-4-25-19(24)12-7-9-22(10-8-12)18(23)16-15(20)13-5-6-14(11(2)3)21-17(13)26-16/h5-6,11-12H,4,7-10,20H2,1-3H3. The lowest BCUT2D eigenvalue weighted by Gasteiger charge is -2.30. The Balaban J connectivity index is 1.76. The van der Waals surface area contributed by atoms with E-state index in [2.05, 4.69) is 18.8 Å². The third-order valence-corrected chi connectivity index (χ3v) is 5.91. The summed E-state index contributed by atoms with van der Waals surface area (Å²) in [5.74, 6) is -0.0249. The van der Waals surface area contributed by atoms with Crippen molar-refractivity contribution in [3.05, 3.63) is 22.7 Å². The summed E-state index contributed by atoms with van der Waals surface area (Å²) in [5, 5.41) is 0.837. The minimum Gasteiger partial charge on any atom is -0.466 e. The summed E-state index contributed by atoms with van der Waals surface area (Å²) in [5.41, 5.74) is 7.74. The van der Waals surface area contributed by atoms with Gasteiger partial charge in [-0.25, -0.2) is 4.98 Å². The van der Waals surface area contributed by atoms with Crippen LogP contribution in [-0.4, -0.2) is 41.5 Å². The molecular weight excluding hydrogens is 350 g/mol. The van der Waals surface area contributed by atoms with Gasteiger partial charge in [-0.3, -0.25) is 9.59 Å². The van der Waals surface area contributed by atoms with Crippen molar-refractivity contribution in [2.75, 3.05) is 25.4 Å². The molecule has 26 heavy (non-hydrogen) atoms. The highest BCUT2D eigenvalue weighted by atomic mass is 32.1. The van der Waals surface area contributed by atoms with Gasteiger partial charge in [0.15, 0.2) is 0 Å². The molecule has 2 aromatic rings. The first-order valence-corrected chi connectivity index (χ1v) is 9.88. The molecule has 0 atom stereocenters. The highest BCUT2D eigenvalue weighted by molar-refractivity contribution is 7.21. The van der Waals surface area contributed by atoms with Crippen molar-refractivity contribution in [1.29, 1.82) is 0 Å². The highest BCUT2D eigenvalue weighted by Gasteiger charge is 2.30. The summed E-state index contributed by atoms with van der Waals surface area (Å²) < 4.78 is 5.08. The number of fused-ring (bicyclic) bond motifs is 1. The number of rotatable bonds is 4. The normalized spacial score (nSPS) is 15.6. The largest absolute Gasteiger partial charge is 0.466 e. The second-order valence-electron chi connectivity index (χ2n) is 6.91. The summed E-state index contributed by atoms with van der Waals surface area (Å²) >= 11 is 1.35. The van der Waals surface area contributed by atoms with E-state index in [0.29, 0.717) is 49.0 Å². The molecule has 1 aliphatic heterocycles. The smallest absolute Gasteiger partial charge is 0.309 e. The molecule has 1 saturated heterocycles. The highest BCUT2D eigenvalue weighted by Crippen LogP contribution is 2.35. The molecule has 0 saturated carbocycles. The van der Waals surface area contributed by atoms with E-state index < -0.39 is 0 Å². The van der Waals surface area contributed by atoms with Crippen LogP contribution in [0.5, 0.6) is 0 Å². The van der Waals surface area contributed by atoms with Crippen LogP contribution in [0, 0.1) is 5.92 Å². The first-order chi connectivity index (χ1) is 12.4. The van der Waals surface area contributed by atoms with E-state index in [9.17, 15) is 9.59 Å². The van der Waals surface area contributed by atoms with Crippen LogP contribution in [0.4, 0.5) is 5.69 Å². The maximum Gasteiger partial charge on any atom is 0.309 e. The zero-order valence-corrected chi connectivity index (χ0v) is 16.3. The fourth-order valence-corrected chi connectivity index (χ4v) is 4.28. The number of carbonyl (C=O) groups is 2. The molecule has 140 valence electrons. The molecule has 2 aromatic heterocycles. The van der Waals surface area contributed by atoms with Gasteiger partial charge in [-0.15, -0.1) is 11.3 Å². The third-order valence-electron chi connectivity index (χ3n) is 4.80. The molecular formula is C19H25N3O3S. The lowest BCUT2D eigenvalue weighted by molar-refractivity contribution is -0.149. The molecule has 0 spiro atoms. The number of anilines is 1. The number of nitrogens with two attached hydrogens (primary N) is 1. The average molecular weight is 375 g/mol. The van der Waals surface area contributed by atoms with Crippen LogP contribution in [0.15, 0.2) is 12.1 Å². The number of nitrogen functional groups attached to an aromatic ring is 1. The number of thiophene rings is 1. The number of aromatic nitrogens is 1. The van der Waals surface area contributed by atoms with Crippen molar-refractivity contribution in [3.8, 4) is 0 Å². The molecule has 0 aromatic carbocycles. The number of carbonyl (C=O) groups excluding carboxylic acids is 2. The van der Waals surface area contributed by atoms with Gasteiger partial charge < -0.3 is 15.4 Å². The van der Waals surface area contributed by atoms with Crippen molar-refractivity contribution >= 4 is 39.1 Å². The molecule has 1 aliphatic rings. The van der Waals surface area contributed by atoms with Crippen LogP contribution >= 0.6 is 11.3 Å². The van der Waals surface area contributed by atoms with E-state index in [1.165, 1.54) is 11.3 Å². The Hall–Kier alpha value is -2.15. The maximum absolute atomic E-state index is 12.9. The van der Waals surface area contributed by atoms with Crippen LogP contribution in [0.25, 0.3) is 10.2 Å². The zero-order chi connectivity index (χ0) is 18.8. The number of hydrogen-bond donors (Lipinski definition) is 1. The van der Waals surface area contributed by atoms with E-state index in [-0.39, 0.29) is 17.8 Å². The van der Waals surface area contributed by atoms with Gasteiger partial charge in [-0.2, -0.15) is 0 Å². The summed E-state index contributed by atoms with van der Waals surface area (Å²) in [6.07, 6.45) is 1.26. The number of ether oxygens (including phenoxy) is 1. The Morgan fingerprint density at radius 2 is 2.04 bits per heavy atom. The zero-order valence-electron chi connectivity index (χ0n) is 15.4. The number of likely N-dealkylation sites (tertiary alicyclic amines) is 1. The SMILES string of the molecule is CCOC(=O)C1CCN(C(=O)c2sc3nc(C(C)C)ccc3c2N)CC1. The Bertz CT molecular complexity index is 823. The van der Waals surface area contributed by atoms with Crippen LogP contribution in [0.1, 0.15) is 54.9 Å². The van der Waals surface area contributed by atoms with Crippen LogP contribution < -0.4 is 5.73 Å². The molecule has 1 fully saturated rings. The fourth-order valence-electron chi connectivity index (χ4n) is 3.21. The van der Waals surface area contributed by atoms with Gasteiger partial charge in [-0.05, 0) is 37.8 Å². The molecule has 0 unspecified atom stereocenters. The van der Waals surface area contributed by atoms with Gasteiger partial charge in [0.1, 0.15) is 9.71 Å². The first-order valence-electron chi connectivity index (χ1n) is 9.07. The van der Waals surface area contributed by atoms with Gasteiger partial charge in [0.25, 0.3) is 5.91 Å². The molecule has 0 aliphatic carbocycles. The number of esters is 1. The Morgan fingerprint density at radius 3 is 2.65 bits per heavy atom. The molecule has 3 heterocycles. The summed E-state index contributed by atoms with van der Waals surface area (Å²) in [6, 6.07) is 3.92. The summed E-state index contributed by atoms with van der Waals surface area (Å²) in [7, 11) is 0. The van der Waals surface area contributed by atoms with Gasteiger partial charge in [0.05, 0.1) is 18.2 Å². The van der Waals surface area contributed by atoms with Crippen LogP contribution in [0.2, 0.25) is 0 Å². The van der Waals surface area contributed by atoms with Gasteiger partial charge in [0, 0.05) is 24.2 Å². The van der Waals surface area contributed by atoms with E-state index in [1.807, 2.05) is 12.1 Å². The fraction of sp³-hybridized carbons (Fsp3) is 0.526. The lowest BCUT2D eigenvalue weighted by atomic mass is 9.97. The van der Waals surface area contributed by atoms with E-state index >= 15 is 0 Å². The van der Waals surface area contributed by atoms with Crippen molar-refractivity contribution < 1.29 is 14.3 Å². The Labute approximate surface area is 157 Å². The second kappa shape index (κ2) is 7.61. The average Bonchev–Trinajstić information content (AvgIpc) is 2.97. The molecule has 0 bridgehead atoms. The minimum absolute atomic E-state index is 0.0705. The summed E-state index contributed by atoms with van der Waals surface area (Å²) in [4.78, 5) is 32.5. The predicted molar refractivity (Wildman–Crippen MR) is 103 cm³/mol. The second-order valence-corrected chi connectivity index (χ2v) is 7.91. The molecule has 1 amide bonds. The number of amides is 1. The number of piperidine rings is 1. The molecule has 3 rings (SSSR count). The predicted octanol–water partition coefficient (Wildman–Crippen LogP) is 3.42. The van der Waals surface area contributed by atoms with Crippen molar-refractivity contribution in [2.24, 2.45) is 5.92 Å². The van der Waals surface area contributed by atoms with E-state index in [1.54, 1.807) is 11.8 Å². The number of hydrogen-bond acceptors (Lipinski definition) is 6. The van der Waals surface area contributed by atoms with E-state index in [0.717, 1.165) is 15.9 Å². The number of pyridine rings is 1. The minimum atomic E-state index is -0.161. The Kier molecular flexibility index (Phi) is 5.46. The lowest BCUT2D eigenvalue weighted by Crippen LogP contribution is -2.40. The van der Waals surface area contributed by atoms with Gasteiger partial charge in [-0.1, -0.05) is 13.8 Å². The first kappa shape index (κ1) is 18.6. The van der Waals surface area contributed by atoms with Crippen LogP contribution in [0.3, 0.4) is 0 Å². The molecule has 6 nitrogen and oxygen atoms in total.